The molecule has 1 heterocycles. The number of sulfonamides is 1. The van der Waals surface area contributed by atoms with E-state index in [2.05, 4.69) is 9.62 Å². The molecule has 1 aromatic carbocycles. The number of rotatable bonds is 3. The SMILES string of the molecule is CC1CN(c2ccc(NS(C)(=O)=O)cc2)CCO1. The van der Waals surface area contributed by atoms with Gasteiger partial charge >= 0.3 is 0 Å². The largest absolute Gasteiger partial charge is 0.375 e. The monoisotopic (exact) mass is 270 g/mol. The zero-order valence-corrected chi connectivity index (χ0v) is 11.4. The lowest BCUT2D eigenvalue weighted by molar-refractivity contribution is 0.0532. The van der Waals surface area contributed by atoms with Crippen LogP contribution < -0.4 is 9.62 Å². The van der Waals surface area contributed by atoms with Gasteiger partial charge in [0.15, 0.2) is 0 Å². The van der Waals surface area contributed by atoms with Crippen molar-refractivity contribution in [1.82, 2.24) is 0 Å². The standard InChI is InChI=1S/C12H18N2O3S/c1-10-9-14(7-8-17-10)12-5-3-11(4-6-12)13-18(2,15)16/h3-6,10,13H,7-9H2,1-2H3. The van der Waals surface area contributed by atoms with Gasteiger partial charge in [-0.1, -0.05) is 0 Å². The summed E-state index contributed by atoms with van der Waals surface area (Å²) >= 11 is 0. The molecule has 1 saturated heterocycles. The fourth-order valence-corrected chi connectivity index (χ4v) is 2.57. The van der Waals surface area contributed by atoms with Crippen LogP contribution in [0.2, 0.25) is 0 Å². The van der Waals surface area contributed by atoms with E-state index in [0.717, 1.165) is 31.6 Å². The van der Waals surface area contributed by atoms with Crippen molar-refractivity contribution in [3.8, 4) is 0 Å². The maximum absolute atomic E-state index is 11.1. The van der Waals surface area contributed by atoms with Gasteiger partial charge < -0.3 is 9.64 Å². The quantitative estimate of drug-likeness (QED) is 0.899. The normalized spacial score (nSPS) is 20.8. The molecule has 0 bridgehead atoms. The third-order valence-corrected chi connectivity index (χ3v) is 3.38. The third kappa shape index (κ3) is 3.61. The highest BCUT2D eigenvalue weighted by Gasteiger charge is 2.16. The minimum absolute atomic E-state index is 0.229. The molecule has 1 atom stereocenters. The van der Waals surface area contributed by atoms with E-state index < -0.39 is 10.0 Å². The molecule has 6 heteroatoms. The van der Waals surface area contributed by atoms with Crippen molar-refractivity contribution >= 4 is 21.4 Å². The minimum Gasteiger partial charge on any atom is -0.375 e. The van der Waals surface area contributed by atoms with Crippen molar-refractivity contribution in [2.75, 3.05) is 35.6 Å². The fourth-order valence-electron chi connectivity index (χ4n) is 2.01. The second-order valence-electron chi connectivity index (χ2n) is 4.55. The van der Waals surface area contributed by atoms with Gasteiger partial charge in [0, 0.05) is 24.5 Å². The molecular weight excluding hydrogens is 252 g/mol. The Bertz CT molecular complexity index is 499. The molecule has 0 amide bonds. The van der Waals surface area contributed by atoms with Gasteiger partial charge in [0.2, 0.25) is 10.0 Å². The maximum atomic E-state index is 11.1. The van der Waals surface area contributed by atoms with Crippen LogP contribution in [0.4, 0.5) is 11.4 Å². The fraction of sp³-hybridized carbons (Fsp3) is 0.500. The molecule has 1 aliphatic heterocycles. The van der Waals surface area contributed by atoms with E-state index in [1.165, 1.54) is 0 Å². The van der Waals surface area contributed by atoms with Crippen LogP contribution in [0, 0.1) is 0 Å². The van der Waals surface area contributed by atoms with E-state index in [-0.39, 0.29) is 6.10 Å². The minimum atomic E-state index is -3.21. The van der Waals surface area contributed by atoms with Gasteiger partial charge in [-0.3, -0.25) is 4.72 Å². The summed E-state index contributed by atoms with van der Waals surface area (Å²) in [6, 6.07) is 7.39. The number of hydrogen-bond acceptors (Lipinski definition) is 4. The van der Waals surface area contributed by atoms with Gasteiger partial charge in [-0.2, -0.15) is 0 Å². The van der Waals surface area contributed by atoms with Gasteiger partial charge in [-0.15, -0.1) is 0 Å². The smallest absolute Gasteiger partial charge is 0.229 e. The third-order valence-electron chi connectivity index (χ3n) is 2.78. The number of benzene rings is 1. The first-order valence-electron chi connectivity index (χ1n) is 5.88. The van der Waals surface area contributed by atoms with Crippen molar-refractivity contribution in [1.29, 1.82) is 0 Å². The number of morpholine rings is 1. The molecule has 0 spiro atoms. The Balaban J connectivity index is 2.07. The average Bonchev–Trinajstić information content (AvgIpc) is 2.28. The van der Waals surface area contributed by atoms with Crippen molar-refractivity contribution in [2.24, 2.45) is 0 Å². The number of hydrogen-bond donors (Lipinski definition) is 1. The average molecular weight is 270 g/mol. The first kappa shape index (κ1) is 13.2. The Labute approximate surface area is 108 Å². The lowest BCUT2D eigenvalue weighted by Gasteiger charge is -2.33. The van der Waals surface area contributed by atoms with Crippen LogP contribution in [-0.2, 0) is 14.8 Å². The molecule has 1 N–H and O–H groups in total. The van der Waals surface area contributed by atoms with Crippen molar-refractivity contribution in [3.63, 3.8) is 0 Å². The summed E-state index contributed by atoms with van der Waals surface area (Å²) in [6.07, 6.45) is 1.37. The predicted octanol–water partition coefficient (Wildman–Crippen LogP) is 1.28. The second-order valence-corrected chi connectivity index (χ2v) is 6.30. The number of anilines is 2. The topological polar surface area (TPSA) is 58.6 Å². The summed E-state index contributed by atoms with van der Waals surface area (Å²) in [7, 11) is -3.21. The number of nitrogens with zero attached hydrogens (tertiary/aromatic N) is 1. The molecule has 2 rings (SSSR count). The van der Waals surface area contributed by atoms with Crippen LogP contribution in [0.3, 0.4) is 0 Å². The highest BCUT2D eigenvalue weighted by atomic mass is 32.2. The predicted molar refractivity (Wildman–Crippen MR) is 72.5 cm³/mol. The van der Waals surface area contributed by atoms with Crippen LogP contribution in [-0.4, -0.2) is 40.5 Å². The maximum Gasteiger partial charge on any atom is 0.229 e. The zero-order chi connectivity index (χ0) is 13.2. The summed E-state index contributed by atoms with van der Waals surface area (Å²) in [5.74, 6) is 0. The number of ether oxygens (including phenoxy) is 1. The molecule has 0 saturated carbocycles. The van der Waals surface area contributed by atoms with Gasteiger partial charge in [-0.05, 0) is 31.2 Å². The highest BCUT2D eigenvalue weighted by Crippen LogP contribution is 2.20. The first-order chi connectivity index (χ1) is 8.44. The van der Waals surface area contributed by atoms with Crippen molar-refractivity contribution < 1.29 is 13.2 Å². The number of nitrogens with one attached hydrogen (secondary N) is 1. The van der Waals surface area contributed by atoms with Crippen LogP contribution in [0.1, 0.15) is 6.92 Å². The molecule has 1 fully saturated rings. The molecule has 1 aliphatic rings. The zero-order valence-electron chi connectivity index (χ0n) is 10.6. The lowest BCUT2D eigenvalue weighted by Crippen LogP contribution is -2.41. The molecule has 0 aliphatic carbocycles. The van der Waals surface area contributed by atoms with E-state index in [0.29, 0.717) is 5.69 Å². The molecule has 1 unspecified atom stereocenters. The van der Waals surface area contributed by atoms with Gasteiger partial charge in [-0.25, -0.2) is 8.42 Å². The van der Waals surface area contributed by atoms with Crippen molar-refractivity contribution in [3.05, 3.63) is 24.3 Å². The summed E-state index contributed by atoms with van der Waals surface area (Å²) in [4.78, 5) is 2.23. The van der Waals surface area contributed by atoms with Gasteiger partial charge in [0.25, 0.3) is 0 Å². The lowest BCUT2D eigenvalue weighted by atomic mass is 10.2. The van der Waals surface area contributed by atoms with E-state index >= 15 is 0 Å². The Hall–Kier alpha value is -1.27. The summed E-state index contributed by atoms with van der Waals surface area (Å²) in [5, 5.41) is 0. The Morgan fingerprint density at radius 3 is 2.56 bits per heavy atom. The Kier molecular flexibility index (Phi) is 3.77. The molecular formula is C12H18N2O3S. The van der Waals surface area contributed by atoms with Crippen molar-refractivity contribution in [2.45, 2.75) is 13.0 Å². The summed E-state index contributed by atoms with van der Waals surface area (Å²) in [6.45, 7) is 4.50. The molecule has 0 aromatic heterocycles. The van der Waals surface area contributed by atoms with Crippen LogP contribution in [0.5, 0.6) is 0 Å². The van der Waals surface area contributed by atoms with E-state index in [1.807, 2.05) is 19.1 Å². The molecule has 0 radical (unpaired) electrons. The molecule has 5 nitrogen and oxygen atoms in total. The summed E-state index contributed by atoms with van der Waals surface area (Å²) in [5.41, 5.74) is 1.67. The van der Waals surface area contributed by atoms with E-state index in [9.17, 15) is 8.42 Å². The van der Waals surface area contributed by atoms with Gasteiger partial charge in [0.1, 0.15) is 0 Å². The second kappa shape index (κ2) is 5.16. The highest BCUT2D eigenvalue weighted by molar-refractivity contribution is 7.92. The Morgan fingerprint density at radius 1 is 1.33 bits per heavy atom. The molecule has 100 valence electrons. The molecule has 1 aromatic rings. The summed E-state index contributed by atoms with van der Waals surface area (Å²) < 4.78 is 30.1. The van der Waals surface area contributed by atoms with Crippen LogP contribution >= 0.6 is 0 Å². The van der Waals surface area contributed by atoms with Crippen LogP contribution in [0.25, 0.3) is 0 Å². The van der Waals surface area contributed by atoms with Gasteiger partial charge in [0.05, 0.1) is 19.0 Å². The Morgan fingerprint density at radius 2 is 2.00 bits per heavy atom. The first-order valence-corrected chi connectivity index (χ1v) is 7.77. The van der Waals surface area contributed by atoms with E-state index in [4.69, 9.17) is 4.74 Å². The van der Waals surface area contributed by atoms with Crippen LogP contribution in [0.15, 0.2) is 24.3 Å². The van der Waals surface area contributed by atoms with E-state index in [1.54, 1.807) is 12.1 Å². The molecule has 18 heavy (non-hydrogen) atoms.